The first-order chi connectivity index (χ1) is 28.2. The third-order valence-corrected chi connectivity index (χ3v) is 12.8. The highest BCUT2D eigenvalue weighted by Crippen LogP contribution is 2.39. The first-order valence-corrected chi connectivity index (χ1v) is 20.3. The zero-order chi connectivity index (χ0) is 37.5. The van der Waals surface area contributed by atoms with Crippen LogP contribution in [0.2, 0.25) is 0 Å². The molecule has 0 saturated carbocycles. The number of benzene rings is 7. The van der Waals surface area contributed by atoms with Gasteiger partial charge in [-0.2, -0.15) is 0 Å². The summed E-state index contributed by atoms with van der Waals surface area (Å²) in [6.45, 7) is 0. The van der Waals surface area contributed by atoms with Gasteiger partial charge in [0.2, 0.25) is 0 Å². The lowest BCUT2D eigenvalue weighted by atomic mass is 9.95. The van der Waals surface area contributed by atoms with Crippen LogP contribution in [0.4, 0.5) is 0 Å². The van der Waals surface area contributed by atoms with Crippen LogP contribution in [-0.4, -0.2) is 16.2 Å². The van der Waals surface area contributed by atoms with E-state index >= 15 is 0 Å². The topological polar surface area (TPSA) is 54.8 Å². The van der Waals surface area contributed by atoms with E-state index in [1.165, 1.54) is 41.6 Å². The molecule has 10 aromatic rings. The fourth-order valence-electron chi connectivity index (χ4n) is 8.85. The largest absolute Gasteiger partial charge is 0.455 e. The van der Waals surface area contributed by atoms with E-state index in [0.29, 0.717) is 0 Å². The molecule has 0 radical (unpaired) electrons. The molecule has 0 spiro atoms. The van der Waals surface area contributed by atoms with E-state index in [1.807, 2.05) is 35.6 Å². The fourth-order valence-corrected chi connectivity index (χ4v) is 9.97. The second-order valence-corrected chi connectivity index (χ2v) is 16.0. The molecule has 7 aromatic carbocycles. The minimum atomic E-state index is -0.211. The van der Waals surface area contributed by atoms with E-state index < -0.39 is 0 Å². The number of aliphatic imine (C=N–C) groups is 2. The molecule has 12 rings (SSSR count). The van der Waals surface area contributed by atoms with Crippen molar-refractivity contribution >= 4 is 89.0 Å². The van der Waals surface area contributed by atoms with E-state index in [1.54, 1.807) is 0 Å². The zero-order valence-electron chi connectivity index (χ0n) is 30.8. The van der Waals surface area contributed by atoms with Crippen molar-refractivity contribution in [3.05, 3.63) is 185 Å². The molecule has 1 N–H and O–H groups in total. The normalized spacial score (nSPS) is 16.6. The van der Waals surface area contributed by atoms with Crippen LogP contribution in [0.3, 0.4) is 0 Å². The van der Waals surface area contributed by atoms with Gasteiger partial charge in [0.15, 0.2) is 5.84 Å². The van der Waals surface area contributed by atoms with Crippen molar-refractivity contribution in [2.45, 2.75) is 12.6 Å². The third kappa shape index (κ3) is 5.21. The van der Waals surface area contributed by atoms with Crippen LogP contribution in [0.5, 0.6) is 0 Å². The molecule has 270 valence electrons. The Labute approximate surface area is 331 Å². The van der Waals surface area contributed by atoms with Crippen LogP contribution < -0.4 is 15.1 Å². The maximum Gasteiger partial charge on any atom is 0.159 e. The molecule has 0 amide bonds. The number of hydrogen-bond donors (Lipinski definition) is 1. The molecule has 1 aliphatic carbocycles. The van der Waals surface area contributed by atoms with Crippen molar-refractivity contribution in [2.24, 2.45) is 15.9 Å². The predicted octanol–water partition coefficient (Wildman–Crippen LogP) is 11.3. The highest BCUT2D eigenvalue weighted by atomic mass is 32.1. The maximum absolute atomic E-state index is 6.73. The second-order valence-electron chi connectivity index (χ2n) is 14.9. The maximum atomic E-state index is 6.73. The third-order valence-electron chi connectivity index (χ3n) is 11.6. The van der Waals surface area contributed by atoms with Gasteiger partial charge >= 0.3 is 0 Å². The van der Waals surface area contributed by atoms with Gasteiger partial charge in [0, 0.05) is 58.9 Å². The first-order valence-electron chi connectivity index (χ1n) is 19.5. The molecule has 5 nitrogen and oxygen atoms in total. The van der Waals surface area contributed by atoms with Crippen molar-refractivity contribution in [3.63, 3.8) is 0 Å². The number of rotatable bonds is 5. The Morgan fingerprint density at radius 2 is 1.37 bits per heavy atom. The summed E-state index contributed by atoms with van der Waals surface area (Å²) in [5, 5.41) is 11.0. The number of thiophene rings is 1. The Hall–Kier alpha value is -7.02. The number of nitrogens with zero attached hydrogens (tertiary/aromatic N) is 3. The van der Waals surface area contributed by atoms with Crippen molar-refractivity contribution in [3.8, 4) is 16.8 Å². The predicted molar refractivity (Wildman–Crippen MR) is 238 cm³/mol. The van der Waals surface area contributed by atoms with Gasteiger partial charge in [0.1, 0.15) is 23.2 Å². The standard InChI is InChI=1S/C51H34N4OS/c1-3-12-31(13-4-1)49-52-50(32-14-5-2-6-15-32)54-51(53-49)34-23-27-47-42(29-34)41-28-33(22-26-46(41)57-47)36-18-11-19-39-40-30-35(24-25-45(40)56-48(36)39)55-43-20-9-7-16-37(43)38-17-8-10-21-44(38)55/h1-22,24-30,34,49H,23H2,(H,52,53,54). The van der Waals surface area contributed by atoms with E-state index in [2.05, 4.69) is 162 Å². The Kier molecular flexibility index (Phi) is 7.22. The summed E-state index contributed by atoms with van der Waals surface area (Å²) in [4.78, 5) is 10.2. The lowest BCUT2D eigenvalue weighted by molar-refractivity contribution is 0.650. The SMILES string of the molecule is C1=c2sc3ccc(-c4cccc5c4oc4ccc(-n6c7ccccc7c7ccccc76)cc45)cc3c2=CC(C2=NC(c3ccccc3)=NC(c3ccccc3)N2)C1. The number of hydrogen-bond acceptors (Lipinski definition) is 5. The van der Waals surface area contributed by atoms with Crippen LogP contribution in [0.25, 0.3) is 82.8 Å². The molecule has 2 aliphatic rings. The minimum Gasteiger partial charge on any atom is -0.455 e. The lowest BCUT2D eigenvalue weighted by Gasteiger charge is -2.27. The highest BCUT2D eigenvalue weighted by molar-refractivity contribution is 7.17. The summed E-state index contributed by atoms with van der Waals surface area (Å²) in [7, 11) is 0. The molecule has 1 aliphatic heterocycles. The van der Waals surface area contributed by atoms with Crippen LogP contribution in [0.15, 0.2) is 178 Å². The first kappa shape index (κ1) is 32.2. The summed E-state index contributed by atoms with van der Waals surface area (Å²) >= 11 is 1.86. The fraction of sp³-hybridized carbons (Fsp3) is 0.0588. The van der Waals surface area contributed by atoms with E-state index in [-0.39, 0.29) is 12.1 Å². The summed E-state index contributed by atoms with van der Waals surface area (Å²) in [5.41, 5.74) is 9.67. The quantitative estimate of drug-likeness (QED) is 0.190. The molecule has 0 bridgehead atoms. The van der Waals surface area contributed by atoms with Gasteiger partial charge in [-0.3, -0.25) is 0 Å². The average Bonchev–Trinajstić information content (AvgIpc) is 3.95. The molecule has 3 aromatic heterocycles. The highest BCUT2D eigenvalue weighted by Gasteiger charge is 2.26. The van der Waals surface area contributed by atoms with Gasteiger partial charge in [0.25, 0.3) is 0 Å². The van der Waals surface area contributed by atoms with Gasteiger partial charge in [-0.25, -0.2) is 9.98 Å². The van der Waals surface area contributed by atoms with Gasteiger partial charge in [-0.15, -0.1) is 11.3 Å². The Balaban J connectivity index is 0.955. The van der Waals surface area contributed by atoms with Crippen molar-refractivity contribution in [1.29, 1.82) is 0 Å². The van der Waals surface area contributed by atoms with Crippen LogP contribution >= 0.6 is 11.3 Å². The second kappa shape index (κ2) is 12.8. The van der Waals surface area contributed by atoms with Crippen molar-refractivity contribution < 1.29 is 4.42 Å². The Morgan fingerprint density at radius 3 is 2.18 bits per heavy atom. The molecule has 2 atom stereocenters. The number of para-hydroxylation sites is 3. The number of nitrogens with one attached hydrogen (secondary N) is 1. The molecule has 2 unspecified atom stereocenters. The molecular formula is C51H34N4OS. The number of aromatic nitrogens is 1. The number of amidine groups is 2. The van der Waals surface area contributed by atoms with Gasteiger partial charge in [0.05, 0.1) is 11.0 Å². The molecule has 6 heteroatoms. The number of furan rings is 1. The molecular weight excluding hydrogens is 717 g/mol. The van der Waals surface area contributed by atoms with Crippen LogP contribution in [0.1, 0.15) is 23.7 Å². The summed E-state index contributed by atoms with van der Waals surface area (Å²) in [6.07, 6.45) is 5.46. The van der Waals surface area contributed by atoms with E-state index in [0.717, 1.165) is 68.0 Å². The van der Waals surface area contributed by atoms with Crippen LogP contribution in [-0.2, 0) is 0 Å². The van der Waals surface area contributed by atoms with Crippen molar-refractivity contribution in [1.82, 2.24) is 9.88 Å². The van der Waals surface area contributed by atoms with Gasteiger partial charge in [-0.1, -0.05) is 133 Å². The van der Waals surface area contributed by atoms with Gasteiger partial charge in [-0.05, 0) is 65.2 Å². The molecule has 4 heterocycles. The van der Waals surface area contributed by atoms with E-state index in [9.17, 15) is 0 Å². The summed E-state index contributed by atoms with van der Waals surface area (Å²) in [5.74, 6) is 1.79. The molecule has 0 saturated heterocycles. The average molecular weight is 751 g/mol. The molecule has 57 heavy (non-hydrogen) atoms. The Bertz CT molecular complexity index is 3370. The monoisotopic (exact) mass is 750 g/mol. The van der Waals surface area contributed by atoms with Gasteiger partial charge < -0.3 is 14.3 Å². The van der Waals surface area contributed by atoms with Crippen molar-refractivity contribution in [2.75, 3.05) is 0 Å². The minimum absolute atomic E-state index is 0.0851. The Morgan fingerprint density at radius 1 is 0.632 bits per heavy atom. The lowest BCUT2D eigenvalue weighted by Crippen LogP contribution is -2.39. The smallest absolute Gasteiger partial charge is 0.159 e. The summed E-state index contributed by atoms with van der Waals surface area (Å²) in [6, 6.07) is 58.0. The van der Waals surface area contributed by atoms with E-state index in [4.69, 9.17) is 14.4 Å². The van der Waals surface area contributed by atoms with Crippen LogP contribution in [0, 0.1) is 5.92 Å². The zero-order valence-corrected chi connectivity index (χ0v) is 31.6. The molecule has 0 fully saturated rings. The number of fused-ring (bicyclic) bond motifs is 9. The summed E-state index contributed by atoms with van der Waals surface area (Å²) < 4.78 is 11.7.